The second-order valence-corrected chi connectivity index (χ2v) is 9.11. The molecule has 32 heavy (non-hydrogen) atoms. The van der Waals surface area contributed by atoms with Crippen LogP contribution in [0.5, 0.6) is 5.75 Å². The van der Waals surface area contributed by atoms with Crippen LogP contribution in [0.15, 0.2) is 57.9 Å². The number of hydrogen-bond donors (Lipinski definition) is 0. The molecule has 3 aromatic rings. The van der Waals surface area contributed by atoms with E-state index in [1.807, 2.05) is 32.0 Å². The van der Waals surface area contributed by atoms with Gasteiger partial charge < -0.3 is 9.15 Å². The first-order chi connectivity index (χ1) is 15.3. The Balaban J connectivity index is 1.43. The standard InChI is InChI=1S/C24H19Cl2NO4S/c1-14-3-4-15(2)21(11-14)30-10-9-27-23(28)22(32-24(27)29)13-17-6-8-20(31-17)18-7-5-16(25)12-19(18)26/h3-8,11-13H,9-10H2,1-2H3/b22-13-. The molecule has 1 fully saturated rings. The van der Waals surface area contributed by atoms with Crippen LogP contribution in [0.4, 0.5) is 4.79 Å². The lowest BCUT2D eigenvalue weighted by Crippen LogP contribution is -2.32. The van der Waals surface area contributed by atoms with Crippen LogP contribution in [0.2, 0.25) is 10.0 Å². The zero-order valence-electron chi connectivity index (χ0n) is 17.4. The molecule has 1 aromatic heterocycles. The normalized spacial score (nSPS) is 15.1. The molecule has 0 N–H and O–H groups in total. The number of aryl methyl sites for hydroxylation is 2. The predicted octanol–water partition coefficient (Wildman–Crippen LogP) is 6.99. The van der Waals surface area contributed by atoms with Crippen molar-refractivity contribution >= 4 is 52.2 Å². The topological polar surface area (TPSA) is 59.8 Å². The van der Waals surface area contributed by atoms with E-state index in [2.05, 4.69) is 0 Å². The lowest BCUT2D eigenvalue weighted by atomic mass is 10.1. The molecule has 1 saturated heterocycles. The number of hydrogen-bond acceptors (Lipinski definition) is 5. The molecule has 2 aromatic carbocycles. The second kappa shape index (κ2) is 9.45. The fourth-order valence-corrected chi connectivity index (χ4v) is 4.54. The third-order valence-electron chi connectivity index (χ3n) is 4.89. The Morgan fingerprint density at radius 1 is 1.06 bits per heavy atom. The van der Waals surface area contributed by atoms with Crippen LogP contribution in [-0.2, 0) is 4.79 Å². The summed E-state index contributed by atoms with van der Waals surface area (Å²) >= 11 is 13.1. The number of furan rings is 1. The minimum atomic E-state index is -0.368. The van der Waals surface area contributed by atoms with E-state index in [1.54, 1.807) is 36.4 Å². The Bertz CT molecular complexity index is 1230. The van der Waals surface area contributed by atoms with E-state index in [-0.39, 0.29) is 24.3 Å². The fourth-order valence-electron chi connectivity index (χ4n) is 3.20. The lowest BCUT2D eigenvalue weighted by Gasteiger charge is -2.14. The van der Waals surface area contributed by atoms with Gasteiger partial charge in [-0.05, 0) is 73.1 Å². The molecule has 1 aliphatic rings. The van der Waals surface area contributed by atoms with E-state index >= 15 is 0 Å². The van der Waals surface area contributed by atoms with Gasteiger partial charge in [0, 0.05) is 16.7 Å². The van der Waals surface area contributed by atoms with Crippen LogP contribution in [0.25, 0.3) is 17.4 Å². The molecule has 0 spiro atoms. The Labute approximate surface area is 199 Å². The summed E-state index contributed by atoms with van der Waals surface area (Å²) < 4.78 is 11.6. The largest absolute Gasteiger partial charge is 0.491 e. The summed E-state index contributed by atoms with van der Waals surface area (Å²) in [4.78, 5) is 26.6. The second-order valence-electron chi connectivity index (χ2n) is 7.28. The number of benzene rings is 2. The van der Waals surface area contributed by atoms with Crippen LogP contribution >= 0.6 is 35.0 Å². The highest BCUT2D eigenvalue weighted by Crippen LogP contribution is 2.35. The van der Waals surface area contributed by atoms with Crippen molar-refractivity contribution in [2.75, 3.05) is 13.2 Å². The molecule has 5 nitrogen and oxygen atoms in total. The first-order valence-corrected chi connectivity index (χ1v) is 11.4. The zero-order chi connectivity index (χ0) is 22.8. The van der Waals surface area contributed by atoms with E-state index < -0.39 is 0 Å². The molecule has 4 rings (SSSR count). The number of carbonyl (C=O) groups excluding carboxylic acids is 2. The maximum absolute atomic E-state index is 12.7. The maximum atomic E-state index is 12.7. The molecule has 0 saturated carbocycles. The number of nitrogens with zero attached hydrogens (tertiary/aromatic N) is 1. The number of rotatable bonds is 6. The van der Waals surface area contributed by atoms with E-state index in [4.69, 9.17) is 32.4 Å². The van der Waals surface area contributed by atoms with Crippen molar-refractivity contribution in [3.8, 4) is 17.1 Å². The summed E-state index contributed by atoms with van der Waals surface area (Å²) in [5.41, 5.74) is 2.77. The minimum Gasteiger partial charge on any atom is -0.491 e. The molecule has 1 aliphatic heterocycles. The summed E-state index contributed by atoms with van der Waals surface area (Å²) in [7, 11) is 0. The number of halogens is 2. The summed E-state index contributed by atoms with van der Waals surface area (Å²) in [6.07, 6.45) is 1.56. The molecular formula is C24H19Cl2NO4S. The molecule has 0 aliphatic carbocycles. The SMILES string of the molecule is Cc1ccc(C)c(OCCN2C(=O)S/C(=C\c3ccc(-c4ccc(Cl)cc4Cl)o3)C2=O)c1. The zero-order valence-corrected chi connectivity index (χ0v) is 19.7. The Morgan fingerprint density at radius 2 is 1.88 bits per heavy atom. The number of thioether (sulfide) groups is 1. The first kappa shape index (κ1) is 22.5. The van der Waals surface area contributed by atoms with Crippen molar-refractivity contribution in [1.29, 1.82) is 0 Å². The first-order valence-electron chi connectivity index (χ1n) is 9.82. The van der Waals surface area contributed by atoms with Gasteiger partial charge in [0.2, 0.25) is 0 Å². The average molecular weight is 488 g/mol. The Hall–Kier alpha value is -2.67. The van der Waals surface area contributed by atoms with Crippen LogP contribution in [0, 0.1) is 13.8 Å². The van der Waals surface area contributed by atoms with Gasteiger partial charge in [-0.3, -0.25) is 14.5 Å². The van der Waals surface area contributed by atoms with Gasteiger partial charge in [0.15, 0.2) is 0 Å². The van der Waals surface area contributed by atoms with Crippen molar-refractivity contribution in [3.05, 3.63) is 80.4 Å². The highest BCUT2D eigenvalue weighted by Gasteiger charge is 2.35. The molecule has 8 heteroatoms. The van der Waals surface area contributed by atoms with Gasteiger partial charge in [0.1, 0.15) is 23.9 Å². The molecule has 2 heterocycles. The van der Waals surface area contributed by atoms with Crippen LogP contribution in [0.1, 0.15) is 16.9 Å². The van der Waals surface area contributed by atoms with E-state index in [0.29, 0.717) is 32.0 Å². The van der Waals surface area contributed by atoms with Crippen LogP contribution in [-0.4, -0.2) is 29.2 Å². The van der Waals surface area contributed by atoms with Gasteiger partial charge in [-0.2, -0.15) is 0 Å². The van der Waals surface area contributed by atoms with Gasteiger partial charge in [-0.25, -0.2) is 0 Å². The van der Waals surface area contributed by atoms with Gasteiger partial charge in [0.25, 0.3) is 11.1 Å². The Kier molecular flexibility index (Phi) is 6.65. The van der Waals surface area contributed by atoms with E-state index in [1.165, 1.54) is 4.90 Å². The summed E-state index contributed by atoms with van der Waals surface area (Å²) in [5, 5.41) is 0.654. The maximum Gasteiger partial charge on any atom is 0.293 e. The molecule has 0 atom stereocenters. The number of ether oxygens (including phenoxy) is 1. The van der Waals surface area contributed by atoms with Gasteiger partial charge >= 0.3 is 0 Å². The number of amides is 2. The quantitative estimate of drug-likeness (QED) is 0.350. The fraction of sp³-hybridized carbons (Fsp3) is 0.167. The predicted molar refractivity (Wildman–Crippen MR) is 128 cm³/mol. The van der Waals surface area contributed by atoms with Gasteiger partial charge in [-0.1, -0.05) is 35.3 Å². The molecule has 0 bridgehead atoms. The smallest absolute Gasteiger partial charge is 0.293 e. The molecular weight excluding hydrogens is 469 g/mol. The highest BCUT2D eigenvalue weighted by molar-refractivity contribution is 8.18. The third kappa shape index (κ3) is 4.88. The van der Waals surface area contributed by atoms with Crippen LogP contribution < -0.4 is 4.74 Å². The Morgan fingerprint density at radius 3 is 2.66 bits per heavy atom. The van der Waals surface area contributed by atoms with E-state index in [0.717, 1.165) is 28.6 Å². The number of imide groups is 1. The number of carbonyl (C=O) groups is 2. The molecule has 2 amide bonds. The lowest BCUT2D eigenvalue weighted by molar-refractivity contribution is -0.123. The average Bonchev–Trinajstić information content (AvgIpc) is 3.30. The molecule has 0 radical (unpaired) electrons. The molecule has 164 valence electrons. The van der Waals surface area contributed by atoms with Gasteiger partial charge in [0.05, 0.1) is 16.5 Å². The summed E-state index contributed by atoms with van der Waals surface area (Å²) in [6, 6.07) is 14.5. The highest BCUT2D eigenvalue weighted by atomic mass is 35.5. The van der Waals surface area contributed by atoms with Gasteiger partial charge in [-0.15, -0.1) is 0 Å². The summed E-state index contributed by atoms with van der Waals surface area (Å²) in [6.45, 7) is 4.32. The minimum absolute atomic E-state index is 0.166. The third-order valence-corrected chi connectivity index (χ3v) is 6.34. The van der Waals surface area contributed by atoms with Crippen molar-refractivity contribution in [2.45, 2.75) is 13.8 Å². The van der Waals surface area contributed by atoms with Crippen molar-refractivity contribution in [2.24, 2.45) is 0 Å². The van der Waals surface area contributed by atoms with Crippen molar-refractivity contribution < 1.29 is 18.7 Å². The van der Waals surface area contributed by atoms with Crippen molar-refractivity contribution in [1.82, 2.24) is 4.90 Å². The molecule has 0 unspecified atom stereocenters. The van der Waals surface area contributed by atoms with E-state index in [9.17, 15) is 9.59 Å². The van der Waals surface area contributed by atoms with Crippen LogP contribution in [0.3, 0.4) is 0 Å². The summed E-state index contributed by atoms with van der Waals surface area (Å²) in [5.74, 6) is 1.37. The monoisotopic (exact) mass is 487 g/mol. The van der Waals surface area contributed by atoms with Crippen molar-refractivity contribution in [3.63, 3.8) is 0 Å².